The first kappa shape index (κ1) is 21.6. The number of rotatable bonds is 6. The Bertz CT molecular complexity index is 915. The van der Waals surface area contributed by atoms with Gasteiger partial charge in [0.1, 0.15) is 12.2 Å². The van der Waals surface area contributed by atoms with Crippen molar-refractivity contribution in [1.82, 2.24) is 4.57 Å². The van der Waals surface area contributed by atoms with E-state index < -0.39 is 32.2 Å². The average Bonchev–Trinajstić information content (AvgIpc) is 2.97. The van der Waals surface area contributed by atoms with Crippen molar-refractivity contribution in [2.75, 3.05) is 6.61 Å². The number of hydrogen-bond donors (Lipinski definition) is 0. The van der Waals surface area contributed by atoms with E-state index in [0.29, 0.717) is 28.2 Å². The Morgan fingerprint density at radius 2 is 1.75 bits per heavy atom. The fourth-order valence-corrected chi connectivity index (χ4v) is 3.97. The summed E-state index contributed by atoms with van der Waals surface area (Å²) in [5.74, 6) is -0.506. The molecule has 154 valence electrons. The van der Waals surface area contributed by atoms with E-state index in [9.17, 15) is 4.79 Å². The molecular formula is C19H29BClNO5Si. The normalized spacial score (nSPS) is 18.9. The summed E-state index contributed by atoms with van der Waals surface area (Å²) in [5, 5.41) is 0.426. The minimum Gasteiger partial charge on any atom is -0.408 e. The molecule has 0 amide bonds. The van der Waals surface area contributed by atoms with E-state index in [1.165, 1.54) is 4.57 Å². The third-order valence-electron chi connectivity index (χ3n) is 5.52. The van der Waals surface area contributed by atoms with Crippen molar-refractivity contribution in [3.63, 3.8) is 0 Å². The number of aromatic nitrogens is 1. The summed E-state index contributed by atoms with van der Waals surface area (Å²) < 4.78 is 25.0. The molecule has 0 unspecified atom stereocenters. The van der Waals surface area contributed by atoms with E-state index in [1.807, 2.05) is 27.7 Å². The van der Waals surface area contributed by atoms with Crippen LogP contribution in [0.1, 0.15) is 27.7 Å². The van der Waals surface area contributed by atoms with Crippen LogP contribution in [0.25, 0.3) is 11.1 Å². The van der Waals surface area contributed by atoms with E-state index in [-0.39, 0.29) is 6.73 Å². The summed E-state index contributed by atoms with van der Waals surface area (Å²) in [6.45, 7) is 15.5. The standard InChI is InChI=1S/C19H29BClNO5Si/c1-18(2)19(3,4)27-20(26-18)13-8-9-14(21)15-16(13)25-17(23)22(15)12-24-10-11-28(5,6)7/h8-9H,10-12H2,1-7H3. The van der Waals surface area contributed by atoms with Crippen molar-refractivity contribution < 1.29 is 18.5 Å². The highest BCUT2D eigenvalue weighted by atomic mass is 35.5. The SMILES string of the molecule is CC1(C)OB(c2ccc(Cl)c3c2oc(=O)n3COCC[Si](C)(C)C)OC1(C)C. The number of ether oxygens (including phenoxy) is 1. The van der Waals surface area contributed by atoms with E-state index in [4.69, 9.17) is 30.1 Å². The zero-order valence-corrected chi connectivity index (χ0v) is 19.5. The monoisotopic (exact) mass is 425 g/mol. The van der Waals surface area contributed by atoms with Crippen LogP contribution in [0.4, 0.5) is 0 Å². The largest absolute Gasteiger partial charge is 0.498 e. The second-order valence-electron chi connectivity index (χ2n) is 9.55. The van der Waals surface area contributed by atoms with Gasteiger partial charge in [-0.05, 0) is 39.8 Å². The van der Waals surface area contributed by atoms with Crippen LogP contribution >= 0.6 is 11.6 Å². The molecule has 0 bridgehead atoms. The highest BCUT2D eigenvalue weighted by Gasteiger charge is 2.52. The van der Waals surface area contributed by atoms with Crippen LogP contribution in [0, 0.1) is 0 Å². The third kappa shape index (κ3) is 4.12. The smallest absolute Gasteiger partial charge is 0.408 e. The van der Waals surface area contributed by atoms with E-state index in [2.05, 4.69) is 19.6 Å². The fourth-order valence-electron chi connectivity index (χ4n) is 2.96. The van der Waals surface area contributed by atoms with Crippen molar-refractivity contribution in [3.05, 3.63) is 27.7 Å². The molecular weight excluding hydrogens is 397 g/mol. The lowest BCUT2D eigenvalue weighted by Crippen LogP contribution is -2.41. The lowest BCUT2D eigenvalue weighted by atomic mass is 9.78. The highest BCUT2D eigenvalue weighted by molar-refractivity contribution is 6.76. The number of hydrogen-bond acceptors (Lipinski definition) is 5. The van der Waals surface area contributed by atoms with Crippen LogP contribution in [0.2, 0.25) is 30.7 Å². The first-order valence-electron chi connectivity index (χ1n) is 9.57. The molecule has 0 spiro atoms. The van der Waals surface area contributed by atoms with E-state index in [0.717, 1.165) is 6.04 Å². The number of nitrogens with zero attached hydrogens (tertiary/aromatic N) is 1. The molecule has 2 aromatic rings. The molecule has 1 aliphatic heterocycles. The first-order chi connectivity index (χ1) is 12.8. The number of fused-ring (bicyclic) bond motifs is 1. The predicted molar refractivity (Wildman–Crippen MR) is 115 cm³/mol. The number of halogens is 1. The Labute approximate surface area is 172 Å². The maximum atomic E-state index is 12.5. The van der Waals surface area contributed by atoms with Crippen LogP contribution < -0.4 is 11.2 Å². The second kappa shape index (κ2) is 7.32. The molecule has 9 heteroatoms. The molecule has 0 radical (unpaired) electrons. The predicted octanol–water partition coefficient (Wildman–Crippen LogP) is 3.86. The molecule has 3 rings (SSSR count). The van der Waals surface area contributed by atoms with Gasteiger partial charge < -0.3 is 18.5 Å². The van der Waals surface area contributed by atoms with Gasteiger partial charge >= 0.3 is 12.9 Å². The molecule has 28 heavy (non-hydrogen) atoms. The molecule has 1 fully saturated rings. The van der Waals surface area contributed by atoms with Gasteiger partial charge in [-0.3, -0.25) is 0 Å². The van der Waals surface area contributed by atoms with Crippen LogP contribution in [0.3, 0.4) is 0 Å². The minimum absolute atomic E-state index is 0.100. The van der Waals surface area contributed by atoms with Gasteiger partial charge in [-0.25, -0.2) is 9.36 Å². The zero-order valence-electron chi connectivity index (χ0n) is 17.7. The molecule has 0 saturated carbocycles. The summed E-state index contributed by atoms with van der Waals surface area (Å²) >= 11 is 6.40. The zero-order chi connectivity index (χ0) is 20.9. The van der Waals surface area contributed by atoms with Gasteiger partial charge in [0, 0.05) is 20.1 Å². The van der Waals surface area contributed by atoms with Gasteiger partial charge in [0.25, 0.3) is 0 Å². The van der Waals surface area contributed by atoms with E-state index >= 15 is 0 Å². The second-order valence-corrected chi connectivity index (χ2v) is 15.6. The van der Waals surface area contributed by atoms with Gasteiger partial charge in [0.05, 0.1) is 16.2 Å². The summed E-state index contributed by atoms with van der Waals surface area (Å²) in [4.78, 5) is 12.5. The van der Waals surface area contributed by atoms with Crippen molar-refractivity contribution >= 4 is 43.4 Å². The van der Waals surface area contributed by atoms with E-state index in [1.54, 1.807) is 12.1 Å². The van der Waals surface area contributed by atoms with Crippen LogP contribution in [0.15, 0.2) is 21.3 Å². The molecule has 0 N–H and O–H groups in total. The third-order valence-corrected chi connectivity index (χ3v) is 7.53. The van der Waals surface area contributed by atoms with Gasteiger partial charge in [0.2, 0.25) is 0 Å². The molecule has 1 aliphatic rings. The Balaban J connectivity index is 1.92. The Kier molecular flexibility index (Phi) is 5.66. The quantitative estimate of drug-likeness (QED) is 0.519. The topological polar surface area (TPSA) is 62.8 Å². The highest BCUT2D eigenvalue weighted by Crippen LogP contribution is 2.37. The van der Waals surface area contributed by atoms with Crippen molar-refractivity contribution in [3.8, 4) is 0 Å². The Morgan fingerprint density at radius 3 is 2.32 bits per heavy atom. The molecule has 0 aliphatic carbocycles. The van der Waals surface area contributed by atoms with Crippen LogP contribution in [-0.4, -0.2) is 37.6 Å². The Morgan fingerprint density at radius 1 is 1.14 bits per heavy atom. The van der Waals surface area contributed by atoms with Gasteiger partial charge in [-0.1, -0.05) is 37.3 Å². The fraction of sp³-hybridized carbons (Fsp3) is 0.632. The lowest BCUT2D eigenvalue weighted by molar-refractivity contribution is 0.00578. The average molecular weight is 426 g/mol. The molecule has 0 atom stereocenters. The van der Waals surface area contributed by atoms with Crippen molar-refractivity contribution in [2.45, 2.75) is 71.3 Å². The van der Waals surface area contributed by atoms with Crippen molar-refractivity contribution in [2.24, 2.45) is 0 Å². The summed E-state index contributed by atoms with van der Waals surface area (Å²) in [6.07, 6.45) is 0. The number of benzene rings is 1. The van der Waals surface area contributed by atoms with Gasteiger partial charge in [-0.15, -0.1) is 0 Å². The molecule has 1 aromatic carbocycles. The molecule has 1 aromatic heterocycles. The van der Waals surface area contributed by atoms with Gasteiger partial charge in [-0.2, -0.15) is 0 Å². The first-order valence-corrected chi connectivity index (χ1v) is 13.7. The maximum Gasteiger partial charge on any atom is 0.498 e. The van der Waals surface area contributed by atoms with Crippen LogP contribution in [-0.2, 0) is 20.8 Å². The Hall–Kier alpha value is -1.06. The molecule has 2 heterocycles. The number of oxazole rings is 1. The minimum atomic E-state index is -1.21. The van der Waals surface area contributed by atoms with Crippen molar-refractivity contribution in [1.29, 1.82) is 0 Å². The summed E-state index contributed by atoms with van der Waals surface area (Å²) in [7, 11) is -1.85. The lowest BCUT2D eigenvalue weighted by Gasteiger charge is -2.32. The molecule has 6 nitrogen and oxygen atoms in total. The summed E-state index contributed by atoms with van der Waals surface area (Å²) in [6, 6.07) is 4.54. The molecule has 1 saturated heterocycles. The van der Waals surface area contributed by atoms with Crippen LogP contribution in [0.5, 0.6) is 0 Å². The maximum absolute atomic E-state index is 12.5. The summed E-state index contributed by atoms with van der Waals surface area (Å²) in [5.41, 5.74) is 0.548. The van der Waals surface area contributed by atoms with Gasteiger partial charge in [0.15, 0.2) is 5.58 Å².